The second kappa shape index (κ2) is 6.55. The third-order valence-corrected chi connectivity index (χ3v) is 5.14. The normalized spacial score (nSPS) is 25.1. The van der Waals surface area contributed by atoms with E-state index in [2.05, 4.69) is 30.6 Å². The van der Waals surface area contributed by atoms with Crippen molar-refractivity contribution in [2.75, 3.05) is 6.54 Å². The minimum Gasteiger partial charge on any atom is -0.312 e. The van der Waals surface area contributed by atoms with E-state index in [1.807, 2.05) is 11.3 Å². The molecule has 1 nitrogen and oxygen atoms in total. The highest BCUT2D eigenvalue weighted by Gasteiger charge is 2.17. The largest absolute Gasteiger partial charge is 0.312 e. The first kappa shape index (κ1) is 13.1. The molecule has 1 heterocycles. The van der Waals surface area contributed by atoms with Crippen molar-refractivity contribution >= 4 is 11.3 Å². The van der Waals surface area contributed by atoms with E-state index in [9.17, 15) is 0 Å². The van der Waals surface area contributed by atoms with Crippen LogP contribution in [0.2, 0.25) is 0 Å². The predicted octanol–water partition coefficient (Wildman–Crippen LogP) is 4.36. The predicted molar refractivity (Wildman–Crippen MR) is 76.5 cm³/mol. The maximum absolute atomic E-state index is 3.60. The van der Waals surface area contributed by atoms with Gasteiger partial charge in [0.2, 0.25) is 0 Å². The molecule has 1 aliphatic carbocycles. The van der Waals surface area contributed by atoms with Crippen LogP contribution in [0.3, 0.4) is 0 Å². The Bertz CT molecular complexity index is 323. The Hall–Kier alpha value is -0.340. The van der Waals surface area contributed by atoms with E-state index in [4.69, 9.17) is 0 Å². The number of hydrogen-bond donors (Lipinski definition) is 1. The smallest absolute Gasteiger partial charge is 0.0302 e. The van der Waals surface area contributed by atoms with Gasteiger partial charge in [-0.2, -0.15) is 0 Å². The minimum atomic E-state index is 0.980. The van der Waals surface area contributed by atoms with Crippen LogP contribution in [-0.4, -0.2) is 6.54 Å². The molecule has 2 heteroatoms. The Morgan fingerprint density at radius 2 is 2.06 bits per heavy atom. The minimum absolute atomic E-state index is 0.980. The lowest BCUT2D eigenvalue weighted by Crippen LogP contribution is -2.20. The summed E-state index contributed by atoms with van der Waals surface area (Å²) in [5, 5.41) is 5.79. The fourth-order valence-corrected chi connectivity index (χ4v) is 3.59. The number of hydrogen-bond acceptors (Lipinski definition) is 2. The zero-order valence-corrected chi connectivity index (χ0v) is 12.0. The van der Waals surface area contributed by atoms with E-state index >= 15 is 0 Å². The average Bonchev–Trinajstić information content (AvgIpc) is 2.73. The first-order chi connectivity index (χ1) is 8.25. The first-order valence-corrected chi connectivity index (χ1v) is 7.87. The second-order valence-electron chi connectivity index (χ2n) is 5.62. The molecule has 0 saturated heterocycles. The number of rotatable bonds is 5. The topological polar surface area (TPSA) is 12.0 Å². The van der Waals surface area contributed by atoms with Crippen LogP contribution in [0.1, 0.15) is 49.5 Å². The van der Waals surface area contributed by atoms with Gasteiger partial charge in [0.25, 0.3) is 0 Å². The van der Waals surface area contributed by atoms with Gasteiger partial charge in [-0.15, -0.1) is 11.3 Å². The molecule has 17 heavy (non-hydrogen) atoms. The molecule has 1 aromatic heterocycles. The van der Waals surface area contributed by atoms with Crippen LogP contribution in [-0.2, 0) is 6.54 Å². The lowest BCUT2D eigenvalue weighted by atomic mass is 9.81. The average molecular weight is 251 g/mol. The third-order valence-electron chi connectivity index (χ3n) is 4.12. The fraction of sp³-hybridized carbons (Fsp3) is 0.733. The molecule has 2 rings (SSSR count). The third kappa shape index (κ3) is 4.11. The van der Waals surface area contributed by atoms with Crippen molar-refractivity contribution in [2.45, 2.75) is 52.5 Å². The maximum atomic E-state index is 3.60. The highest BCUT2D eigenvalue weighted by molar-refractivity contribution is 7.10. The maximum Gasteiger partial charge on any atom is 0.0302 e. The fourth-order valence-electron chi connectivity index (χ4n) is 2.71. The molecule has 1 saturated carbocycles. The summed E-state index contributed by atoms with van der Waals surface area (Å²) in [4.78, 5) is 1.50. The summed E-state index contributed by atoms with van der Waals surface area (Å²) in [5.74, 6) is 1.97. The first-order valence-electron chi connectivity index (χ1n) is 6.99. The van der Waals surface area contributed by atoms with E-state index < -0.39 is 0 Å². The molecule has 0 aromatic carbocycles. The van der Waals surface area contributed by atoms with Crippen molar-refractivity contribution in [1.29, 1.82) is 0 Å². The van der Waals surface area contributed by atoms with Gasteiger partial charge in [0.15, 0.2) is 0 Å². The molecule has 0 radical (unpaired) electrons. The van der Waals surface area contributed by atoms with Crippen molar-refractivity contribution in [2.24, 2.45) is 11.8 Å². The summed E-state index contributed by atoms with van der Waals surface area (Å²) in [6, 6.07) is 2.21. The SMILES string of the molecule is Cc1ccsc1CNCCC1CCC(C)CC1. The quantitative estimate of drug-likeness (QED) is 0.767. The summed E-state index contributed by atoms with van der Waals surface area (Å²) in [5.41, 5.74) is 1.44. The van der Waals surface area contributed by atoms with Crippen LogP contribution in [0.4, 0.5) is 0 Å². The lowest BCUT2D eigenvalue weighted by Gasteiger charge is -2.26. The monoisotopic (exact) mass is 251 g/mol. The molecule has 1 aliphatic rings. The van der Waals surface area contributed by atoms with Gasteiger partial charge >= 0.3 is 0 Å². The van der Waals surface area contributed by atoms with Crippen molar-refractivity contribution in [3.8, 4) is 0 Å². The van der Waals surface area contributed by atoms with Gasteiger partial charge in [-0.3, -0.25) is 0 Å². The Balaban J connectivity index is 1.59. The summed E-state index contributed by atoms with van der Waals surface area (Å²) < 4.78 is 0. The van der Waals surface area contributed by atoms with Crippen LogP contribution in [0, 0.1) is 18.8 Å². The van der Waals surface area contributed by atoms with Crippen molar-refractivity contribution in [3.05, 3.63) is 21.9 Å². The Kier molecular flexibility index (Phi) is 5.05. The molecular weight excluding hydrogens is 226 g/mol. The van der Waals surface area contributed by atoms with Gasteiger partial charge in [-0.25, -0.2) is 0 Å². The number of nitrogens with one attached hydrogen (secondary N) is 1. The molecular formula is C15H25NS. The Morgan fingerprint density at radius 3 is 2.71 bits per heavy atom. The van der Waals surface area contributed by atoms with Gasteiger partial charge in [0.05, 0.1) is 0 Å². The van der Waals surface area contributed by atoms with E-state index in [0.29, 0.717) is 0 Å². The van der Waals surface area contributed by atoms with E-state index in [0.717, 1.165) is 18.4 Å². The van der Waals surface area contributed by atoms with Gasteiger partial charge in [0.1, 0.15) is 0 Å². The van der Waals surface area contributed by atoms with Gasteiger partial charge < -0.3 is 5.32 Å². The zero-order chi connectivity index (χ0) is 12.1. The molecule has 0 bridgehead atoms. The standard InChI is InChI=1S/C15H25NS/c1-12-3-5-14(6-4-12)7-9-16-11-15-13(2)8-10-17-15/h8,10,12,14,16H,3-7,9,11H2,1-2H3. The summed E-state index contributed by atoms with van der Waals surface area (Å²) in [6.07, 6.45) is 7.20. The molecule has 0 unspecified atom stereocenters. The Labute approximate surface area is 110 Å². The molecule has 1 fully saturated rings. The molecule has 1 aromatic rings. The number of thiophene rings is 1. The second-order valence-corrected chi connectivity index (χ2v) is 6.62. The van der Waals surface area contributed by atoms with E-state index in [1.54, 1.807) is 0 Å². The summed E-state index contributed by atoms with van der Waals surface area (Å²) in [6.45, 7) is 6.85. The summed E-state index contributed by atoms with van der Waals surface area (Å²) in [7, 11) is 0. The van der Waals surface area contributed by atoms with Crippen LogP contribution >= 0.6 is 11.3 Å². The highest BCUT2D eigenvalue weighted by Crippen LogP contribution is 2.29. The van der Waals surface area contributed by atoms with Gasteiger partial charge in [-0.1, -0.05) is 32.6 Å². The zero-order valence-electron chi connectivity index (χ0n) is 11.2. The van der Waals surface area contributed by atoms with Crippen LogP contribution in [0.25, 0.3) is 0 Å². The highest BCUT2D eigenvalue weighted by atomic mass is 32.1. The van der Waals surface area contributed by atoms with E-state index in [1.165, 1.54) is 49.1 Å². The van der Waals surface area contributed by atoms with Gasteiger partial charge in [0, 0.05) is 11.4 Å². The van der Waals surface area contributed by atoms with Crippen molar-refractivity contribution < 1.29 is 0 Å². The van der Waals surface area contributed by atoms with Crippen molar-refractivity contribution in [3.63, 3.8) is 0 Å². The Morgan fingerprint density at radius 1 is 1.29 bits per heavy atom. The van der Waals surface area contributed by atoms with Crippen LogP contribution < -0.4 is 5.32 Å². The summed E-state index contributed by atoms with van der Waals surface area (Å²) >= 11 is 1.87. The molecule has 96 valence electrons. The molecule has 1 N–H and O–H groups in total. The lowest BCUT2D eigenvalue weighted by molar-refractivity contribution is 0.275. The van der Waals surface area contributed by atoms with Crippen LogP contribution in [0.5, 0.6) is 0 Å². The van der Waals surface area contributed by atoms with Crippen LogP contribution in [0.15, 0.2) is 11.4 Å². The van der Waals surface area contributed by atoms with E-state index in [-0.39, 0.29) is 0 Å². The number of aryl methyl sites for hydroxylation is 1. The molecule has 0 spiro atoms. The molecule has 0 atom stereocenters. The molecule has 0 amide bonds. The van der Waals surface area contributed by atoms with Crippen molar-refractivity contribution in [1.82, 2.24) is 5.32 Å². The molecule has 0 aliphatic heterocycles. The van der Waals surface area contributed by atoms with Gasteiger partial charge in [-0.05, 0) is 48.7 Å².